The van der Waals surface area contributed by atoms with Gasteiger partial charge in [0.2, 0.25) is 11.8 Å². The Kier molecular flexibility index (Phi) is 3.28. The first kappa shape index (κ1) is 10.0. The molecule has 1 rings (SSSR count). The van der Waals surface area contributed by atoms with Crippen molar-refractivity contribution in [1.82, 2.24) is 5.32 Å². The van der Waals surface area contributed by atoms with E-state index in [1.165, 1.54) is 0 Å². The highest BCUT2D eigenvalue weighted by atomic mass is 16.2. The summed E-state index contributed by atoms with van der Waals surface area (Å²) in [4.78, 5) is 21.5. The molecule has 0 radical (unpaired) electrons. The predicted octanol–water partition coefficient (Wildman–Crippen LogP) is 0.0241. The third-order valence-electron chi connectivity index (χ3n) is 2.63. The smallest absolute Gasteiger partial charge is 0.220 e. The molecule has 1 aliphatic rings. The third-order valence-corrected chi connectivity index (χ3v) is 2.63. The van der Waals surface area contributed by atoms with Gasteiger partial charge in [0, 0.05) is 19.4 Å². The van der Waals surface area contributed by atoms with Crippen molar-refractivity contribution < 1.29 is 9.59 Å². The zero-order chi connectivity index (χ0) is 9.84. The van der Waals surface area contributed by atoms with Crippen LogP contribution in [0.2, 0.25) is 0 Å². The Hall–Kier alpha value is -1.06. The number of piperidine rings is 1. The predicted molar refractivity (Wildman–Crippen MR) is 48.7 cm³/mol. The van der Waals surface area contributed by atoms with Crippen molar-refractivity contribution >= 4 is 11.8 Å². The van der Waals surface area contributed by atoms with Gasteiger partial charge in [0.05, 0.1) is 0 Å². The van der Waals surface area contributed by atoms with E-state index in [9.17, 15) is 9.59 Å². The third kappa shape index (κ3) is 3.05. The quantitative estimate of drug-likeness (QED) is 0.649. The maximum atomic E-state index is 10.9. The first-order valence-electron chi connectivity index (χ1n) is 4.64. The highest BCUT2D eigenvalue weighted by Crippen LogP contribution is 2.22. The van der Waals surface area contributed by atoms with Crippen molar-refractivity contribution in [2.75, 3.05) is 6.54 Å². The Morgan fingerprint density at radius 3 is 2.92 bits per heavy atom. The van der Waals surface area contributed by atoms with Crippen LogP contribution in [0, 0.1) is 11.8 Å². The molecule has 1 saturated heterocycles. The Balaban J connectivity index is 2.35. The van der Waals surface area contributed by atoms with E-state index in [0.717, 1.165) is 6.42 Å². The van der Waals surface area contributed by atoms with Crippen LogP contribution < -0.4 is 11.1 Å². The van der Waals surface area contributed by atoms with Gasteiger partial charge < -0.3 is 11.1 Å². The van der Waals surface area contributed by atoms with E-state index < -0.39 is 0 Å². The van der Waals surface area contributed by atoms with Crippen LogP contribution in [0.5, 0.6) is 0 Å². The fourth-order valence-electron chi connectivity index (χ4n) is 1.72. The second-order valence-corrected chi connectivity index (χ2v) is 3.75. The van der Waals surface area contributed by atoms with Gasteiger partial charge in [-0.25, -0.2) is 0 Å². The van der Waals surface area contributed by atoms with Gasteiger partial charge in [-0.15, -0.1) is 0 Å². The number of amides is 2. The molecule has 0 saturated carbocycles. The van der Waals surface area contributed by atoms with Gasteiger partial charge in [0.15, 0.2) is 0 Å². The summed E-state index contributed by atoms with van der Waals surface area (Å²) < 4.78 is 0. The Morgan fingerprint density at radius 2 is 2.46 bits per heavy atom. The van der Waals surface area contributed by atoms with Crippen molar-refractivity contribution in [2.24, 2.45) is 17.6 Å². The van der Waals surface area contributed by atoms with Crippen LogP contribution in [0.1, 0.15) is 26.2 Å². The molecule has 2 amide bonds. The molecule has 0 bridgehead atoms. The van der Waals surface area contributed by atoms with Crippen LogP contribution in [0.3, 0.4) is 0 Å². The van der Waals surface area contributed by atoms with E-state index in [1.807, 2.05) is 6.92 Å². The fraction of sp³-hybridized carbons (Fsp3) is 0.778. The summed E-state index contributed by atoms with van der Waals surface area (Å²) in [5.74, 6) is 0.537. The lowest BCUT2D eigenvalue weighted by atomic mass is 9.85. The largest absolute Gasteiger partial charge is 0.370 e. The first-order valence-corrected chi connectivity index (χ1v) is 4.64. The standard InChI is InChI=1S/C9H16N2O2/c1-6(4-8(10)12)7-2-3-9(13)11-5-7/h6-7H,2-5H2,1H3,(H2,10,12)(H,11,13). The molecule has 1 heterocycles. The minimum Gasteiger partial charge on any atom is -0.370 e. The van der Waals surface area contributed by atoms with Crippen LogP contribution in [0.25, 0.3) is 0 Å². The number of hydrogen-bond donors (Lipinski definition) is 2. The number of primary amides is 1. The molecule has 74 valence electrons. The Labute approximate surface area is 77.9 Å². The summed E-state index contributed by atoms with van der Waals surface area (Å²) >= 11 is 0. The maximum absolute atomic E-state index is 10.9. The summed E-state index contributed by atoms with van der Waals surface area (Å²) in [6.45, 7) is 2.69. The van der Waals surface area contributed by atoms with Crippen LogP contribution in [0.4, 0.5) is 0 Å². The van der Waals surface area contributed by atoms with Gasteiger partial charge in [-0.1, -0.05) is 6.92 Å². The molecule has 2 unspecified atom stereocenters. The normalized spacial score (nSPS) is 25.0. The van der Waals surface area contributed by atoms with Gasteiger partial charge in [0.25, 0.3) is 0 Å². The van der Waals surface area contributed by atoms with Crippen molar-refractivity contribution in [3.8, 4) is 0 Å². The fourth-order valence-corrected chi connectivity index (χ4v) is 1.72. The van der Waals surface area contributed by atoms with Crippen molar-refractivity contribution in [1.29, 1.82) is 0 Å². The zero-order valence-electron chi connectivity index (χ0n) is 7.88. The van der Waals surface area contributed by atoms with E-state index in [0.29, 0.717) is 25.3 Å². The molecule has 0 aromatic rings. The molecule has 0 aliphatic carbocycles. The highest BCUT2D eigenvalue weighted by molar-refractivity contribution is 5.76. The number of nitrogens with two attached hydrogens (primary N) is 1. The molecule has 1 fully saturated rings. The van der Waals surface area contributed by atoms with Crippen molar-refractivity contribution in [3.05, 3.63) is 0 Å². The monoisotopic (exact) mass is 184 g/mol. The SMILES string of the molecule is CC(CC(N)=O)C1CCC(=O)NC1. The molecule has 3 N–H and O–H groups in total. The molecule has 1 aliphatic heterocycles. The van der Waals surface area contributed by atoms with Gasteiger partial charge in [0.1, 0.15) is 0 Å². The van der Waals surface area contributed by atoms with Gasteiger partial charge in [-0.3, -0.25) is 9.59 Å². The number of carbonyl (C=O) groups excluding carboxylic acids is 2. The number of nitrogens with one attached hydrogen (secondary N) is 1. The second kappa shape index (κ2) is 4.25. The average Bonchev–Trinajstić information content (AvgIpc) is 2.04. The summed E-state index contributed by atoms with van der Waals surface area (Å²) in [6, 6.07) is 0. The molecule has 4 nitrogen and oxygen atoms in total. The van der Waals surface area contributed by atoms with Crippen LogP contribution >= 0.6 is 0 Å². The minimum absolute atomic E-state index is 0.113. The molecule has 4 heteroatoms. The molecule has 0 spiro atoms. The second-order valence-electron chi connectivity index (χ2n) is 3.75. The van der Waals surface area contributed by atoms with Gasteiger partial charge in [-0.05, 0) is 18.3 Å². The highest BCUT2D eigenvalue weighted by Gasteiger charge is 2.23. The number of hydrogen-bond acceptors (Lipinski definition) is 2. The topological polar surface area (TPSA) is 72.2 Å². The van der Waals surface area contributed by atoms with E-state index in [4.69, 9.17) is 5.73 Å². The van der Waals surface area contributed by atoms with Crippen molar-refractivity contribution in [3.63, 3.8) is 0 Å². The lowest BCUT2D eigenvalue weighted by Crippen LogP contribution is -2.38. The van der Waals surface area contributed by atoms with Crippen LogP contribution in [-0.4, -0.2) is 18.4 Å². The molecular formula is C9H16N2O2. The summed E-state index contributed by atoms with van der Waals surface area (Å²) in [5.41, 5.74) is 5.10. The molecule has 13 heavy (non-hydrogen) atoms. The molecule has 2 atom stereocenters. The Morgan fingerprint density at radius 1 is 1.77 bits per heavy atom. The van der Waals surface area contributed by atoms with Crippen LogP contribution in [-0.2, 0) is 9.59 Å². The minimum atomic E-state index is -0.260. The Bertz CT molecular complexity index is 206. The van der Waals surface area contributed by atoms with E-state index in [1.54, 1.807) is 0 Å². The molecule has 0 aromatic carbocycles. The van der Waals surface area contributed by atoms with Crippen molar-refractivity contribution in [2.45, 2.75) is 26.2 Å². The maximum Gasteiger partial charge on any atom is 0.220 e. The first-order chi connectivity index (χ1) is 6.09. The number of rotatable bonds is 3. The van der Waals surface area contributed by atoms with Gasteiger partial charge >= 0.3 is 0 Å². The molecule has 0 aromatic heterocycles. The number of carbonyl (C=O) groups is 2. The lowest BCUT2D eigenvalue weighted by molar-refractivity contribution is -0.123. The summed E-state index contributed by atoms with van der Waals surface area (Å²) in [6.07, 6.45) is 1.87. The zero-order valence-corrected chi connectivity index (χ0v) is 7.88. The summed E-state index contributed by atoms with van der Waals surface area (Å²) in [5, 5.41) is 2.80. The van der Waals surface area contributed by atoms with E-state index in [2.05, 4.69) is 5.32 Å². The lowest BCUT2D eigenvalue weighted by Gasteiger charge is -2.27. The molecular weight excluding hydrogens is 168 g/mol. The van der Waals surface area contributed by atoms with Crippen LogP contribution in [0.15, 0.2) is 0 Å². The van der Waals surface area contributed by atoms with Gasteiger partial charge in [-0.2, -0.15) is 0 Å². The van der Waals surface area contributed by atoms with E-state index in [-0.39, 0.29) is 17.7 Å². The van der Waals surface area contributed by atoms with E-state index >= 15 is 0 Å². The average molecular weight is 184 g/mol. The summed E-state index contributed by atoms with van der Waals surface area (Å²) in [7, 11) is 0.